The second kappa shape index (κ2) is 18.1. The van der Waals surface area contributed by atoms with Crippen LogP contribution in [-0.4, -0.2) is 75.3 Å². The van der Waals surface area contributed by atoms with Crippen LogP contribution >= 0.6 is 11.6 Å². The summed E-state index contributed by atoms with van der Waals surface area (Å²) in [7, 11) is 0. The molecular weight excluding hydrogens is 712 g/mol. The Balaban J connectivity index is 1.06. The first-order valence-corrected chi connectivity index (χ1v) is 19.6. The number of ether oxygens (including phenoxy) is 3. The Morgan fingerprint density at radius 2 is 1.73 bits per heavy atom. The second-order valence-corrected chi connectivity index (χ2v) is 15.1. The van der Waals surface area contributed by atoms with Crippen molar-refractivity contribution in [3.8, 4) is 34.4 Å². The first-order valence-electron chi connectivity index (χ1n) is 19.2. The molecule has 286 valence electrons. The van der Waals surface area contributed by atoms with Gasteiger partial charge in [-0.25, -0.2) is 4.98 Å². The summed E-state index contributed by atoms with van der Waals surface area (Å²) in [5.41, 5.74) is 7.78. The fourth-order valence-corrected chi connectivity index (χ4v) is 7.97. The zero-order valence-electron chi connectivity index (χ0n) is 31.6. The van der Waals surface area contributed by atoms with Gasteiger partial charge in [0, 0.05) is 80.6 Å². The van der Waals surface area contributed by atoms with E-state index in [-0.39, 0.29) is 12.7 Å². The van der Waals surface area contributed by atoms with Gasteiger partial charge in [-0.15, -0.1) is 0 Å². The molecule has 2 unspecified atom stereocenters. The van der Waals surface area contributed by atoms with Crippen molar-refractivity contribution in [1.29, 1.82) is 5.26 Å². The van der Waals surface area contributed by atoms with Crippen LogP contribution in [0.1, 0.15) is 70.8 Å². The van der Waals surface area contributed by atoms with Crippen LogP contribution in [0.3, 0.4) is 0 Å². The Hall–Kier alpha value is -4.92. The minimum Gasteiger partial charge on any atom is -0.493 e. The molecule has 10 nitrogen and oxygen atoms in total. The van der Waals surface area contributed by atoms with E-state index in [0.29, 0.717) is 47.8 Å². The summed E-state index contributed by atoms with van der Waals surface area (Å²) in [6.45, 7) is 10.6. The molecule has 55 heavy (non-hydrogen) atoms. The summed E-state index contributed by atoms with van der Waals surface area (Å²) in [6.07, 6.45) is 10.7. The molecular formula is C44H49ClN6O4. The number of β-amino-alcohol motifs (C(OH)–C–C–N with tert-alkyl or cyclic N) is 1. The summed E-state index contributed by atoms with van der Waals surface area (Å²) in [4.78, 5) is 16.7. The number of nitrogens with zero attached hydrogens (tertiary/aromatic N) is 5. The van der Waals surface area contributed by atoms with Crippen LogP contribution in [0, 0.1) is 25.2 Å². The van der Waals surface area contributed by atoms with E-state index in [0.717, 1.165) is 109 Å². The van der Waals surface area contributed by atoms with Gasteiger partial charge in [-0.2, -0.15) is 5.26 Å². The minimum absolute atomic E-state index is 0.200. The number of halogens is 1. The predicted octanol–water partition coefficient (Wildman–Crippen LogP) is 7.99. The lowest BCUT2D eigenvalue weighted by Crippen LogP contribution is -2.34. The highest BCUT2D eigenvalue weighted by Gasteiger charge is 2.25. The van der Waals surface area contributed by atoms with Gasteiger partial charge in [-0.3, -0.25) is 9.88 Å². The molecule has 2 fully saturated rings. The molecule has 0 saturated carbocycles. The van der Waals surface area contributed by atoms with E-state index in [1.165, 1.54) is 0 Å². The molecule has 4 heterocycles. The van der Waals surface area contributed by atoms with Gasteiger partial charge in [-0.1, -0.05) is 41.9 Å². The smallest absolute Gasteiger partial charge is 0.142 e. The minimum atomic E-state index is -0.200. The molecule has 0 aliphatic carbocycles. The fraction of sp³-hybridized carbons (Fsp3) is 0.386. The topological polar surface area (TPSA) is 120 Å². The molecule has 5 aromatic rings. The normalized spacial score (nSPS) is 17.6. The van der Waals surface area contributed by atoms with Gasteiger partial charge in [0.25, 0.3) is 0 Å². The monoisotopic (exact) mass is 760 g/mol. The van der Waals surface area contributed by atoms with Crippen molar-refractivity contribution in [3.05, 3.63) is 124 Å². The number of imidazole rings is 1. The van der Waals surface area contributed by atoms with Gasteiger partial charge in [0.1, 0.15) is 42.4 Å². The summed E-state index contributed by atoms with van der Waals surface area (Å²) in [6, 6.07) is 20.3. The van der Waals surface area contributed by atoms with Crippen molar-refractivity contribution in [3.63, 3.8) is 0 Å². The number of piperidine rings is 1. The standard InChI is InChI=1S/C44H49ClN6O4/c1-30-35(7-3-9-38(30)39-10-4-11-41(31(39)2)53-18-6-16-50-17-12-37(52)27-50)29-55-43-21-42(54-28-33-19-32(22-46)23-47-24-33)36(20-40(43)45)26-51-15-5-8-34(25-51)44-48-13-14-49-44/h3-4,7,9-11,13-14,19-21,23-24,34,37,52H,5-6,8,12,15-18,25-29H2,1-2H3,(H,48,49). The number of aromatic nitrogens is 3. The average molecular weight is 761 g/mol. The van der Waals surface area contributed by atoms with Gasteiger partial charge in [0.15, 0.2) is 0 Å². The first-order chi connectivity index (χ1) is 26.8. The fourth-order valence-electron chi connectivity index (χ4n) is 7.73. The third kappa shape index (κ3) is 9.67. The number of benzene rings is 3. The summed E-state index contributed by atoms with van der Waals surface area (Å²) < 4.78 is 19.2. The molecule has 0 amide bonds. The van der Waals surface area contributed by atoms with Crippen LogP contribution in [0.2, 0.25) is 5.02 Å². The highest BCUT2D eigenvalue weighted by atomic mass is 35.5. The molecule has 2 aliphatic rings. The molecule has 2 aromatic heterocycles. The number of likely N-dealkylation sites (tertiary alicyclic amines) is 2. The van der Waals surface area contributed by atoms with Gasteiger partial charge in [0.2, 0.25) is 0 Å². The molecule has 2 atom stereocenters. The number of aliphatic hydroxyl groups is 1. The van der Waals surface area contributed by atoms with Crippen molar-refractivity contribution >= 4 is 11.6 Å². The highest BCUT2D eigenvalue weighted by Crippen LogP contribution is 2.37. The molecule has 2 aliphatic heterocycles. The average Bonchev–Trinajstić information content (AvgIpc) is 3.90. The van der Waals surface area contributed by atoms with Crippen LogP contribution in [0.15, 0.2) is 79.4 Å². The number of hydrogen-bond acceptors (Lipinski definition) is 9. The van der Waals surface area contributed by atoms with Gasteiger partial charge in [0.05, 0.1) is 23.3 Å². The second-order valence-electron chi connectivity index (χ2n) is 14.7. The molecule has 7 rings (SSSR count). The van der Waals surface area contributed by atoms with Gasteiger partial charge >= 0.3 is 0 Å². The van der Waals surface area contributed by atoms with Crippen LogP contribution in [0.4, 0.5) is 0 Å². The third-order valence-corrected chi connectivity index (χ3v) is 11.1. The Morgan fingerprint density at radius 3 is 2.53 bits per heavy atom. The Kier molecular flexibility index (Phi) is 12.7. The maximum atomic E-state index is 9.82. The van der Waals surface area contributed by atoms with Crippen LogP contribution < -0.4 is 14.2 Å². The number of aromatic amines is 1. The van der Waals surface area contributed by atoms with Crippen LogP contribution in [0.5, 0.6) is 17.2 Å². The van der Waals surface area contributed by atoms with Crippen molar-refractivity contribution < 1.29 is 19.3 Å². The van der Waals surface area contributed by atoms with Crippen molar-refractivity contribution in [1.82, 2.24) is 24.8 Å². The maximum Gasteiger partial charge on any atom is 0.142 e. The zero-order valence-corrected chi connectivity index (χ0v) is 32.4. The quantitative estimate of drug-likeness (QED) is 0.102. The number of hydrogen-bond donors (Lipinski definition) is 2. The van der Waals surface area contributed by atoms with E-state index in [1.807, 2.05) is 36.7 Å². The lowest BCUT2D eigenvalue weighted by atomic mass is 9.93. The van der Waals surface area contributed by atoms with Crippen LogP contribution in [-0.2, 0) is 19.8 Å². The Morgan fingerprint density at radius 1 is 0.891 bits per heavy atom. The van der Waals surface area contributed by atoms with Crippen molar-refractivity contribution in [2.24, 2.45) is 0 Å². The maximum absolute atomic E-state index is 9.82. The van der Waals surface area contributed by atoms with E-state index in [4.69, 9.17) is 25.8 Å². The Labute approximate surface area is 328 Å². The van der Waals surface area contributed by atoms with Gasteiger partial charge in [-0.05, 0) is 92.1 Å². The molecule has 0 bridgehead atoms. The predicted molar refractivity (Wildman–Crippen MR) is 213 cm³/mol. The zero-order chi connectivity index (χ0) is 38.1. The summed E-state index contributed by atoms with van der Waals surface area (Å²) in [5.74, 6) is 3.46. The number of nitrogens with one attached hydrogen (secondary N) is 1. The van der Waals surface area contributed by atoms with E-state index in [1.54, 1.807) is 18.5 Å². The van der Waals surface area contributed by atoms with E-state index in [2.05, 4.69) is 68.9 Å². The number of nitriles is 1. The molecule has 3 aromatic carbocycles. The SMILES string of the molecule is Cc1c(COc2cc(OCc3cncc(C#N)c3)c(CN3CCCC(c4ncc[nH]4)C3)cc2Cl)cccc1-c1cccc(OCCCN2CCC(O)C2)c1C. The lowest BCUT2D eigenvalue weighted by molar-refractivity contribution is 0.173. The van der Waals surface area contributed by atoms with Crippen LogP contribution in [0.25, 0.3) is 11.1 Å². The molecule has 2 saturated heterocycles. The largest absolute Gasteiger partial charge is 0.493 e. The molecule has 11 heteroatoms. The Bertz CT molecular complexity index is 2100. The number of H-pyrrole nitrogens is 1. The van der Waals surface area contributed by atoms with E-state index < -0.39 is 0 Å². The van der Waals surface area contributed by atoms with Gasteiger partial charge < -0.3 is 29.2 Å². The number of rotatable bonds is 15. The highest BCUT2D eigenvalue weighted by molar-refractivity contribution is 6.32. The van der Waals surface area contributed by atoms with Crippen molar-refractivity contribution in [2.45, 2.75) is 71.3 Å². The number of aliphatic hydroxyl groups excluding tert-OH is 1. The summed E-state index contributed by atoms with van der Waals surface area (Å²) in [5, 5.41) is 19.7. The lowest BCUT2D eigenvalue weighted by Gasteiger charge is -2.32. The molecule has 0 spiro atoms. The number of pyridine rings is 1. The molecule has 0 radical (unpaired) electrons. The molecule has 2 N–H and O–H groups in total. The third-order valence-electron chi connectivity index (χ3n) is 10.8. The summed E-state index contributed by atoms with van der Waals surface area (Å²) >= 11 is 6.96. The van der Waals surface area contributed by atoms with Crippen molar-refractivity contribution in [2.75, 3.05) is 39.3 Å². The van der Waals surface area contributed by atoms with E-state index >= 15 is 0 Å². The first kappa shape index (κ1) is 38.4. The van der Waals surface area contributed by atoms with E-state index in [9.17, 15) is 10.4 Å².